The lowest BCUT2D eigenvalue weighted by atomic mass is 10.2. The van der Waals surface area contributed by atoms with Crippen LogP contribution in [0.5, 0.6) is 0 Å². The van der Waals surface area contributed by atoms with E-state index in [0.29, 0.717) is 31.9 Å². The Morgan fingerprint density at radius 1 is 0.920 bits per heavy atom. The summed E-state index contributed by atoms with van der Waals surface area (Å²) in [7, 11) is 0. The number of anilines is 2. The van der Waals surface area contributed by atoms with Crippen LogP contribution in [0.1, 0.15) is 5.56 Å². The molecule has 2 aromatic carbocycles. The molecule has 1 heterocycles. The number of aryl methyl sites for hydroxylation is 1. The van der Waals surface area contributed by atoms with Crippen LogP contribution in [0, 0.1) is 12.7 Å². The number of carbonyl (C=O) groups is 2. The molecule has 6 heteroatoms. The molecule has 1 fully saturated rings. The standard InChI is InChI=1S/C19H20FN3O2/c1-14-2-6-16(7-3-14)21-18(24)19(25)23-12-10-22(11-13-23)17-8-4-15(20)5-9-17/h2-9H,10-13H2,1H3,(H,21,24). The zero-order chi connectivity index (χ0) is 17.8. The minimum Gasteiger partial charge on any atom is -0.368 e. The van der Waals surface area contributed by atoms with Crippen molar-refractivity contribution in [1.82, 2.24) is 4.90 Å². The lowest BCUT2D eigenvalue weighted by Crippen LogP contribution is -2.51. The molecule has 0 unspecified atom stereocenters. The minimum atomic E-state index is -0.626. The van der Waals surface area contributed by atoms with E-state index in [9.17, 15) is 14.0 Å². The van der Waals surface area contributed by atoms with Crippen LogP contribution in [0.15, 0.2) is 48.5 Å². The number of benzene rings is 2. The van der Waals surface area contributed by atoms with Crippen LogP contribution in [0.4, 0.5) is 15.8 Å². The second-order valence-corrected chi connectivity index (χ2v) is 6.08. The molecule has 1 saturated heterocycles. The molecule has 1 aliphatic rings. The van der Waals surface area contributed by atoms with Gasteiger partial charge in [0.05, 0.1) is 0 Å². The minimum absolute atomic E-state index is 0.273. The number of piperazine rings is 1. The Balaban J connectivity index is 1.54. The highest BCUT2D eigenvalue weighted by Gasteiger charge is 2.26. The number of nitrogens with one attached hydrogen (secondary N) is 1. The van der Waals surface area contributed by atoms with Crippen LogP contribution in [0.25, 0.3) is 0 Å². The quantitative estimate of drug-likeness (QED) is 0.854. The van der Waals surface area contributed by atoms with Gasteiger partial charge in [0.25, 0.3) is 0 Å². The maximum absolute atomic E-state index is 13.0. The molecule has 25 heavy (non-hydrogen) atoms. The third-order valence-electron chi connectivity index (χ3n) is 4.26. The van der Waals surface area contributed by atoms with Crippen molar-refractivity contribution in [1.29, 1.82) is 0 Å². The van der Waals surface area contributed by atoms with Gasteiger partial charge in [-0.1, -0.05) is 17.7 Å². The number of hydrogen-bond donors (Lipinski definition) is 1. The Morgan fingerprint density at radius 2 is 1.52 bits per heavy atom. The van der Waals surface area contributed by atoms with Crippen molar-refractivity contribution >= 4 is 23.2 Å². The van der Waals surface area contributed by atoms with Gasteiger partial charge in [0.15, 0.2) is 0 Å². The van der Waals surface area contributed by atoms with E-state index in [1.165, 1.54) is 12.1 Å². The van der Waals surface area contributed by atoms with Gasteiger partial charge in [0.1, 0.15) is 5.82 Å². The third-order valence-corrected chi connectivity index (χ3v) is 4.26. The molecule has 3 rings (SSSR count). The van der Waals surface area contributed by atoms with E-state index >= 15 is 0 Å². The molecular weight excluding hydrogens is 321 g/mol. The normalized spacial score (nSPS) is 14.3. The average Bonchev–Trinajstić information content (AvgIpc) is 2.64. The van der Waals surface area contributed by atoms with Gasteiger partial charge >= 0.3 is 11.8 Å². The van der Waals surface area contributed by atoms with Crippen molar-refractivity contribution in [2.45, 2.75) is 6.92 Å². The van der Waals surface area contributed by atoms with E-state index < -0.39 is 11.8 Å². The van der Waals surface area contributed by atoms with Gasteiger partial charge in [-0.25, -0.2) is 4.39 Å². The van der Waals surface area contributed by atoms with Gasteiger partial charge in [-0.3, -0.25) is 9.59 Å². The summed E-state index contributed by atoms with van der Waals surface area (Å²) in [5.74, 6) is -1.43. The molecule has 2 aromatic rings. The van der Waals surface area contributed by atoms with Crippen molar-refractivity contribution in [3.05, 3.63) is 59.9 Å². The predicted molar refractivity (Wildman–Crippen MR) is 95.0 cm³/mol. The second-order valence-electron chi connectivity index (χ2n) is 6.08. The Labute approximate surface area is 146 Å². The van der Waals surface area contributed by atoms with Gasteiger partial charge in [0.2, 0.25) is 0 Å². The van der Waals surface area contributed by atoms with Crippen molar-refractivity contribution in [3.63, 3.8) is 0 Å². The topological polar surface area (TPSA) is 52.7 Å². The smallest absolute Gasteiger partial charge is 0.313 e. The molecule has 2 amide bonds. The molecule has 0 bridgehead atoms. The van der Waals surface area contributed by atoms with Gasteiger partial charge in [-0.05, 0) is 43.3 Å². The summed E-state index contributed by atoms with van der Waals surface area (Å²) in [4.78, 5) is 28.0. The molecule has 0 aromatic heterocycles. The van der Waals surface area contributed by atoms with Crippen LogP contribution in [0.2, 0.25) is 0 Å². The van der Waals surface area contributed by atoms with E-state index in [0.717, 1.165) is 11.3 Å². The van der Waals surface area contributed by atoms with Crippen molar-refractivity contribution < 1.29 is 14.0 Å². The molecule has 1 N–H and O–H groups in total. The summed E-state index contributed by atoms with van der Waals surface area (Å²) >= 11 is 0. The van der Waals surface area contributed by atoms with Gasteiger partial charge in [-0.15, -0.1) is 0 Å². The Hall–Kier alpha value is -2.89. The zero-order valence-corrected chi connectivity index (χ0v) is 14.0. The fourth-order valence-electron chi connectivity index (χ4n) is 2.78. The summed E-state index contributed by atoms with van der Waals surface area (Å²) in [5, 5.41) is 2.63. The molecule has 0 aliphatic carbocycles. The van der Waals surface area contributed by atoms with Crippen LogP contribution < -0.4 is 10.2 Å². The first-order chi connectivity index (χ1) is 12.0. The molecule has 130 valence electrons. The third kappa shape index (κ3) is 4.15. The molecule has 1 aliphatic heterocycles. The first kappa shape index (κ1) is 17.0. The Morgan fingerprint density at radius 3 is 2.12 bits per heavy atom. The van der Waals surface area contributed by atoms with E-state index in [1.54, 1.807) is 29.2 Å². The van der Waals surface area contributed by atoms with E-state index in [2.05, 4.69) is 10.2 Å². The van der Waals surface area contributed by atoms with E-state index in [4.69, 9.17) is 0 Å². The van der Waals surface area contributed by atoms with Crippen LogP contribution in [-0.2, 0) is 9.59 Å². The van der Waals surface area contributed by atoms with Gasteiger partial charge in [0, 0.05) is 37.6 Å². The van der Waals surface area contributed by atoms with Crippen LogP contribution in [0.3, 0.4) is 0 Å². The number of hydrogen-bond acceptors (Lipinski definition) is 3. The maximum atomic E-state index is 13.0. The van der Waals surface area contributed by atoms with Crippen molar-refractivity contribution in [2.24, 2.45) is 0 Å². The number of carbonyl (C=O) groups excluding carboxylic acids is 2. The van der Waals surface area contributed by atoms with E-state index in [1.807, 2.05) is 19.1 Å². The number of nitrogens with zero attached hydrogens (tertiary/aromatic N) is 2. The summed E-state index contributed by atoms with van der Waals surface area (Å²) in [5.41, 5.74) is 2.60. The number of amides is 2. The molecular formula is C19H20FN3O2. The Kier molecular flexibility index (Phi) is 4.97. The summed E-state index contributed by atoms with van der Waals surface area (Å²) < 4.78 is 13.0. The molecule has 0 spiro atoms. The van der Waals surface area contributed by atoms with Gasteiger partial charge in [-0.2, -0.15) is 0 Å². The maximum Gasteiger partial charge on any atom is 0.313 e. The first-order valence-corrected chi connectivity index (χ1v) is 8.20. The van der Waals surface area contributed by atoms with Crippen molar-refractivity contribution in [2.75, 3.05) is 36.4 Å². The zero-order valence-electron chi connectivity index (χ0n) is 14.0. The summed E-state index contributed by atoms with van der Waals surface area (Å²) in [6, 6.07) is 13.6. The first-order valence-electron chi connectivity index (χ1n) is 8.20. The van der Waals surface area contributed by atoms with Crippen LogP contribution >= 0.6 is 0 Å². The lowest BCUT2D eigenvalue weighted by molar-refractivity contribution is -0.143. The fourth-order valence-corrected chi connectivity index (χ4v) is 2.78. The Bertz CT molecular complexity index is 751. The highest BCUT2D eigenvalue weighted by Crippen LogP contribution is 2.17. The second kappa shape index (κ2) is 7.34. The molecule has 5 nitrogen and oxygen atoms in total. The molecule has 0 atom stereocenters. The SMILES string of the molecule is Cc1ccc(NC(=O)C(=O)N2CCN(c3ccc(F)cc3)CC2)cc1. The largest absolute Gasteiger partial charge is 0.368 e. The molecule has 0 radical (unpaired) electrons. The number of rotatable bonds is 2. The molecule has 0 saturated carbocycles. The van der Waals surface area contributed by atoms with Crippen molar-refractivity contribution in [3.8, 4) is 0 Å². The predicted octanol–water partition coefficient (Wildman–Crippen LogP) is 2.42. The summed E-state index contributed by atoms with van der Waals surface area (Å²) in [6.07, 6.45) is 0. The van der Waals surface area contributed by atoms with E-state index in [-0.39, 0.29) is 5.82 Å². The monoisotopic (exact) mass is 341 g/mol. The lowest BCUT2D eigenvalue weighted by Gasteiger charge is -2.35. The van der Waals surface area contributed by atoms with Crippen LogP contribution in [-0.4, -0.2) is 42.9 Å². The summed E-state index contributed by atoms with van der Waals surface area (Å²) in [6.45, 7) is 4.08. The fraction of sp³-hybridized carbons (Fsp3) is 0.263. The van der Waals surface area contributed by atoms with Gasteiger partial charge < -0.3 is 15.1 Å². The highest BCUT2D eigenvalue weighted by molar-refractivity contribution is 6.39. The highest BCUT2D eigenvalue weighted by atomic mass is 19.1. The average molecular weight is 341 g/mol. The number of halogens is 1.